The van der Waals surface area contributed by atoms with E-state index in [1.54, 1.807) is 11.3 Å². The third kappa shape index (κ3) is 9.72. The van der Waals surface area contributed by atoms with Crippen molar-refractivity contribution in [3.8, 4) is 21.9 Å². The molecule has 0 aliphatic carbocycles. The van der Waals surface area contributed by atoms with Crippen molar-refractivity contribution in [1.82, 2.24) is 19.7 Å². The second kappa shape index (κ2) is 19.2. The summed E-state index contributed by atoms with van der Waals surface area (Å²) in [7, 11) is 0. The maximum Gasteiger partial charge on any atom is 0.228 e. The van der Waals surface area contributed by atoms with Crippen LogP contribution < -0.4 is 20.7 Å². The summed E-state index contributed by atoms with van der Waals surface area (Å²) < 4.78 is 19.2. The first-order valence-corrected chi connectivity index (χ1v) is 20.6. The number of carbonyl (C=O) groups excluding carboxylic acids is 2. The molecule has 60 heavy (non-hydrogen) atoms. The highest BCUT2D eigenvalue weighted by atomic mass is 35.5. The number of thiophene rings is 1. The first kappa shape index (κ1) is 42.5. The van der Waals surface area contributed by atoms with Crippen LogP contribution in [0.4, 0.5) is 17.2 Å². The molecule has 6 aromatic rings. The molecule has 5 heterocycles. The van der Waals surface area contributed by atoms with Crippen LogP contribution in [0.15, 0.2) is 90.1 Å². The number of nitrogens with one attached hydrogen (secondary N) is 3. The van der Waals surface area contributed by atoms with Gasteiger partial charge in [-0.2, -0.15) is 13.5 Å². The van der Waals surface area contributed by atoms with E-state index in [4.69, 9.17) is 30.8 Å². The van der Waals surface area contributed by atoms with Crippen LogP contribution in [0, 0.1) is 20.8 Å². The molecule has 3 aromatic carbocycles. The molecule has 13 nitrogen and oxygen atoms in total. The van der Waals surface area contributed by atoms with Crippen LogP contribution in [-0.2, 0) is 25.5 Å². The number of carbonyl (C=O) groups is 2. The summed E-state index contributed by atoms with van der Waals surface area (Å²) >= 11 is 7.91. The quantitative estimate of drug-likeness (QED) is 0.0822. The van der Waals surface area contributed by atoms with E-state index >= 15 is 0 Å². The van der Waals surface area contributed by atoms with Gasteiger partial charge in [0.2, 0.25) is 11.8 Å². The Morgan fingerprint density at radius 1 is 0.900 bits per heavy atom. The molecule has 2 aliphatic rings. The predicted molar refractivity (Wildman–Crippen MR) is 241 cm³/mol. The predicted octanol–water partition coefficient (Wildman–Crippen LogP) is 8.02. The molecule has 3 N–H and O–H groups in total. The van der Waals surface area contributed by atoms with E-state index in [2.05, 4.69) is 45.0 Å². The number of aromatic nitrogens is 4. The second-order valence-corrected chi connectivity index (χ2v) is 15.8. The standard InChI is InChI=1S/C44H43ClN8O5S.H2S/c1-26-27(2)59-44-41(26)42(29-4-8-33(45)9-5-29)50-37(43-52-51-28(3)53(43)44)24-40(55)48-34-10-12-35(13-11-34)58-21-20-57-19-18-56-17-16-46-38-15-7-31(25-47-38)30-6-14-36-32(22-30)23-39(54)49-36;/h4-15,22,25,37H,16-21,23-24H2,1-3H3,(H,46,47)(H,48,55)(H,49,54);1H2/t37-;/m0./s1. The number of ether oxygens (including phenoxy) is 3. The number of aryl methyl sites for hydroxylation is 2. The van der Waals surface area contributed by atoms with Gasteiger partial charge >= 0.3 is 0 Å². The van der Waals surface area contributed by atoms with E-state index in [0.717, 1.165) is 61.4 Å². The van der Waals surface area contributed by atoms with Gasteiger partial charge in [-0.15, -0.1) is 21.5 Å². The normalized spacial score (nSPS) is 13.9. The number of benzene rings is 3. The molecule has 0 unspecified atom stereocenters. The minimum Gasteiger partial charge on any atom is -0.491 e. The highest BCUT2D eigenvalue weighted by molar-refractivity contribution is 7.59. The zero-order valence-corrected chi connectivity index (χ0v) is 36.0. The van der Waals surface area contributed by atoms with Gasteiger partial charge in [-0.05, 0) is 98.1 Å². The van der Waals surface area contributed by atoms with E-state index in [1.807, 2.05) is 96.6 Å². The summed E-state index contributed by atoms with van der Waals surface area (Å²) in [5.41, 5.74) is 8.42. The van der Waals surface area contributed by atoms with E-state index in [0.29, 0.717) is 68.3 Å². The molecular formula is C44H45ClN8O5S2. The number of anilines is 3. The SMILES string of the molecule is Cc1sc2c(c1C)C(c1ccc(Cl)cc1)=N[C@@H](CC(=O)Nc1ccc(OCCOCCOCCNc3ccc(-c4ccc5c(c4)CC(=O)N5)cn3)cc1)c1nnc(C)n1-2.S. The van der Waals surface area contributed by atoms with Gasteiger partial charge in [0.25, 0.3) is 0 Å². The number of amides is 2. The molecule has 0 spiro atoms. The fourth-order valence-corrected chi connectivity index (χ4v) is 8.36. The van der Waals surface area contributed by atoms with Crippen molar-refractivity contribution >= 4 is 71.2 Å². The van der Waals surface area contributed by atoms with Crippen molar-refractivity contribution in [3.05, 3.63) is 129 Å². The Kier molecular flexibility index (Phi) is 13.6. The van der Waals surface area contributed by atoms with Crippen molar-refractivity contribution in [2.75, 3.05) is 55.5 Å². The van der Waals surface area contributed by atoms with Gasteiger partial charge in [0, 0.05) is 50.7 Å². The summed E-state index contributed by atoms with van der Waals surface area (Å²) in [6.45, 7) is 8.91. The third-order valence-electron chi connectivity index (χ3n) is 10.1. The minimum atomic E-state index is -0.567. The fourth-order valence-electron chi connectivity index (χ4n) is 7.02. The number of halogens is 1. The Hall–Kier alpha value is -5.58. The minimum absolute atomic E-state index is 0. The topological polar surface area (TPSA) is 154 Å². The number of rotatable bonds is 16. The van der Waals surface area contributed by atoms with E-state index in [9.17, 15) is 9.59 Å². The average molecular weight is 865 g/mol. The second-order valence-electron chi connectivity index (χ2n) is 14.2. The Bertz CT molecular complexity index is 2510. The van der Waals surface area contributed by atoms with Gasteiger partial charge in [-0.1, -0.05) is 29.8 Å². The smallest absolute Gasteiger partial charge is 0.228 e. The number of nitrogens with zero attached hydrogens (tertiary/aromatic N) is 5. The Morgan fingerprint density at radius 2 is 1.63 bits per heavy atom. The molecule has 0 fully saturated rings. The van der Waals surface area contributed by atoms with E-state index < -0.39 is 6.04 Å². The third-order valence-corrected chi connectivity index (χ3v) is 11.6. The van der Waals surface area contributed by atoms with Crippen LogP contribution in [0.2, 0.25) is 5.02 Å². The average Bonchev–Trinajstić information content (AvgIpc) is 3.87. The number of aliphatic imine (C=N–C) groups is 1. The maximum atomic E-state index is 13.5. The number of fused-ring (bicyclic) bond motifs is 4. The van der Waals surface area contributed by atoms with Gasteiger partial charge < -0.3 is 30.2 Å². The summed E-state index contributed by atoms with van der Waals surface area (Å²) in [5, 5.41) is 19.7. The Balaban J connectivity index is 0.00000544. The van der Waals surface area contributed by atoms with Crippen LogP contribution in [-0.4, -0.2) is 76.9 Å². The summed E-state index contributed by atoms with van der Waals surface area (Å²) in [6.07, 6.45) is 2.30. The van der Waals surface area contributed by atoms with Crippen LogP contribution in [0.3, 0.4) is 0 Å². The van der Waals surface area contributed by atoms with Crippen molar-refractivity contribution in [2.24, 2.45) is 4.99 Å². The van der Waals surface area contributed by atoms with E-state index in [1.165, 1.54) is 4.88 Å². The molecule has 2 amide bonds. The van der Waals surface area contributed by atoms with Crippen molar-refractivity contribution in [3.63, 3.8) is 0 Å². The molecule has 0 saturated carbocycles. The molecule has 2 aliphatic heterocycles. The van der Waals surface area contributed by atoms with Gasteiger partial charge in [0.1, 0.15) is 35.0 Å². The summed E-state index contributed by atoms with van der Waals surface area (Å²) in [5.74, 6) is 2.62. The lowest BCUT2D eigenvalue weighted by atomic mass is 9.99. The molecule has 0 bridgehead atoms. The lowest BCUT2D eigenvalue weighted by Crippen LogP contribution is -2.17. The zero-order chi connectivity index (χ0) is 40.9. The van der Waals surface area contributed by atoms with Crippen LogP contribution >= 0.6 is 36.4 Å². The lowest BCUT2D eigenvalue weighted by molar-refractivity contribution is -0.117. The molecule has 1 atom stereocenters. The molecule has 0 saturated heterocycles. The first-order valence-electron chi connectivity index (χ1n) is 19.4. The molecule has 8 rings (SSSR count). The Labute approximate surface area is 364 Å². The van der Waals surface area contributed by atoms with E-state index in [-0.39, 0.29) is 31.7 Å². The number of pyridine rings is 1. The highest BCUT2D eigenvalue weighted by Crippen LogP contribution is 2.40. The molecule has 0 radical (unpaired) electrons. The zero-order valence-electron chi connectivity index (χ0n) is 33.4. The van der Waals surface area contributed by atoms with Gasteiger partial charge in [-0.3, -0.25) is 19.1 Å². The summed E-state index contributed by atoms with van der Waals surface area (Å²) in [6, 6.07) is 24.2. The van der Waals surface area contributed by atoms with Gasteiger partial charge in [0.05, 0.1) is 45.0 Å². The molecular weight excluding hydrogens is 820 g/mol. The monoisotopic (exact) mass is 864 g/mol. The van der Waals surface area contributed by atoms with Gasteiger partial charge in [0.15, 0.2) is 5.82 Å². The van der Waals surface area contributed by atoms with Crippen molar-refractivity contribution in [1.29, 1.82) is 0 Å². The highest BCUT2D eigenvalue weighted by Gasteiger charge is 2.32. The van der Waals surface area contributed by atoms with Crippen LogP contribution in [0.1, 0.15) is 51.2 Å². The lowest BCUT2D eigenvalue weighted by Gasteiger charge is -2.13. The summed E-state index contributed by atoms with van der Waals surface area (Å²) in [4.78, 5) is 36.0. The fraction of sp³-hybridized carbons (Fsp3) is 0.273. The number of hydrogen-bond donors (Lipinski definition) is 3. The molecule has 3 aromatic heterocycles. The Morgan fingerprint density at radius 3 is 2.40 bits per heavy atom. The van der Waals surface area contributed by atoms with Crippen molar-refractivity contribution in [2.45, 2.75) is 39.7 Å². The van der Waals surface area contributed by atoms with Crippen LogP contribution in [0.25, 0.3) is 16.1 Å². The molecule has 16 heteroatoms. The first-order chi connectivity index (χ1) is 28.7. The van der Waals surface area contributed by atoms with Gasteiger partial charge in [-0.25, -0.2) is 4.98 Å². The number of hydrogen-bond acceptors (Lipinski definition) is 11. The van der Waals surface area contributed by atoms with Crippen molar-refractivity contribution < 1.29 is 23.8 Å². The maximum absolute atomic E-state index is 13.5. The molecule has 310 valence electrons. The largest absolute Gasteiger partial charge is 0.491 e. The van der Waals surface area contributed by atoms with Crippen LogP contribution in [0.5, 0.6) is 5.75 Å².